The highest BCUT2D eigenvalue weighted by Crippen LogP contribution is 2.30. The van der Waals surface area contributed by atoms with Gasteiger partial charge in [0.2, 0.25) is 0 Å². The fraction of sp³-hybridized carbons (Fsp3) is 0.188. The number of aromatic nitrogens is 8. The topological polar surface area (TPSA) is 135 Å². The van der Waals surface area contributed by atoms with Crippen LogP contribution >= 0.6 is 0 Å². The second-order valence-corrected chi connectivity index (χ2v) is 9.71. The first-order valence-corrected chi connectivity index (χ1v) is 13.7. The quantitative estimate of drug-likeness (QED) is 0.243. The van der Waals surface area contributed by atoms with Gasteiger partial charge in [-0.25, -0.2) is 9.97 Å². The standard InChI is InChI=1S/C32H26N10/c1-4-25-14-23(18-35-39-25)32-38-30-22(11-21(17-34)13-29(30)42(32)6-3)8-9-26-15-24(19-36-40-26)31-37-27-10-7-20(16-33)12-28(27)41(31)5-2/h7-15,18-19H,4-6H2,1-3H3/b9-8-. The molecule has 2 aromatic carbocycles. The van der Waals surface area contributed by atoms with E-state index in [1.165, 1.54) is 0 Å². The van der Waals surface area contributed by atoms with E-state index in [9.17, 15) is 10.5 Å². The summed E-state index contributed by atoms with van der Waals surface area (Å²) in [6.07, 6.45) is 7.96. The van der Waals surface area contributed by atoms with E-state index in [1.807, 2.05) is 62.4 Å². The third kappa shape index (κ3) is 4.65. The minimum Gasteiger partial charge on any atom is -0.324 e. The molecule has 10 heteroatoms. The summed E-state index contributed by atoms with van der Waals surface area (Å²) in [6.45, 7) is 7.50. The lowest BCUT2D eigenvalue weighted by molar-refractivity contribution is 0.793. The molecule has 10 nitrogen and oxygen atoms in total. The average Bonchev–Trinajstić information content (AvgIpc) is 3.61. The molecule has 0 aliphatic heterocycles. The van der Waals surface area contributed by atoms with E-state index >= 15 is 0 Å². The lowest BCUT2D eigenvalue weighted by atomic mass is 10.1. The molecule has 0 saturated carbocycles. The van der Waals surface area contributed by atoms with Gasteiger partial charge in [0.1, 0.15) is 11.6 Å². The number of imidazole rings is 2. The Bertz CT molecular complexity index is 2090. The molecule has 4 heterocycles. The number of aryl methyl sites for hydroxylation is 3. The lowest BCUT2D eigenvalue weighted by Crippen LogP contribution is -2.00. The molecule has 0 unspecified atom stereocenters. The van der Waals surface area contributed by atoms with Crippen molar-refractivity contribution < 1.29 is 0 Å². The molecule has 0 aliphatic rings. The van der Waals surface area contributed by atoms with E-state index in [-0.39, 0.29) is 0 Å². The maximum atomic E-state index is 9.80. The van der Waals surface area contributed by atoms with Crippen LogP contribution in [-0.4, -0.2) is 39.5 Å². The van der Waals surface area contributed by atoms with Gasteiger partial charge < -0.3 is 9.13 Å². The summed E-state index contributed by atoms with van der Waals surface area (Å²) in [5, 5.41) is 36.1. The summed E-state index contributed by atoms with van der Waals surface area (Å²) >= 11 is 0. The predicted molar refractivity (Wildman–Crippen MR) is 161 cm³/mol. The van der Waals surface area contributed by atoms with Crippen LogP contribution in [0.3, 0.4) is 0 Å². The average molecular weight is 551 g/mol. The Morgan fingerprint density at radius 2 is 1.43 bits per heavy atom. The largest absolute Gasteiger partial charge is 0.324 e. The molecule has 6 aromatic rings. The van der Waals surface area contributed by atoms with Crippen LogP contribution in [0.15, 0.2) is 54.9 Å². The van der Waals surface area contributed by atoms with Gasteiger partial charge in [0, 0.05) is 29.8 Å². The number of nitrogens with zero attached hydrogens (tertiary/aromatic N) is 10. The molecule has 204 valence electrons. The SMILES string of the molecule is CCc1cc(-c2nc3c(/C=C\c4cc(-c5nc6ccc(C#N)cc6n5CC)cnn4)cc(C#N)cc3n2CC)cnn1. The maximum Gasteiger partial charge on any atom is 0.142 e. The van der Waals surface area contributed by atoms with Crippen molar-refractivity contribution in [1.29, 1.82) is 10.5 Å². The second-order valence-electron chi connectivity index (χ2n) is 9.71. The van der Waals surface area contributed by atoms with Crippen molar-refractivity contribution in [3.63, 3.8) is 0 Å². The molecule has 0 fully saturated rings. The first-order chi connectivity index (χ1) is 20.6. The summed E-state index contributed by atoms with van der Waals surface area (Å²) in [6, 6.07) is 17.6. The summed E-state index contributed by atoms with van der Waals surface area (Å²) in [5.74, 6) is 1.53. The lowest BCUT2D eigenvalue weighted by Gasteiger charge is -2.07. The zero-order chi connectivity index (χ0) is 29.2. The van der Waals surface area contributed by atoms with Crippen molar-refractivity contribution in [2.75, 3.05) is 0 Å². The fourth-order valence-corrected chi connectivity index (χ4v) is 5.18. The van der Waals surface area contributed by atoms with E-state index in [0.29, 0.717) is 29.9 Å². The summed E-state index contributed by atoms with van der Waals surface area (Å²) < 4.78 is 4.16. The van der Waals surface area contributed by atoms with Crippen molar-refractivity contribution in [1.82, 2.24) is 39.5 Å². The summed E-state index contributed by atoms with van der Waals surface area (Å²) in [4.78, 5) is 9.82. The Labute approximate surface area is 242 Å². The van der Waals surface area contributed by atoms with Crippen LogP contribution < -0.4 is 0 Å². The third-order valence-corrected chi connectivity index (χ3v) is 7.21. The smallest absolute Gasteiger partial charge is 0.142 e. The van der Waals surface area contributed by atoms with Crippen molar-refractivity contribution >= 4 is 34.2 Å². The Hall–Kier alpha value is -5.74. The Balaban J connectivity index is 1.43. The molecular weight excluding hydrogens is 524 g/mol. The van der Waals surface area contributed by atoms with Gasteiger partial charge in [-0.05, 0) is 68.8 Å². The van der Waals surface area contributed by atoms with Crippen molar-refractivity contribution in [2.24, 2.45) is 0 Å². The maximum absolute atomic E-state index is 9.80. The van der Waals surface area contributed by atoms with Gasteiger partial charge in [-0.15, -0.1) is 0 Å². The van der Waals surface area contributed by atoms with Gasteiger partial charge in [0.05, 0.1) is 69.1 Å². The van der Waals surface area contributed by atoms with Gasteiger partial charge in [-0.2, -0.15) is 30.9 Å². The molecule has 0 saturated heterocycles. The predicted octanol–water partition coefficient (Wildman–Crippen LogP) is 5.82. The van der Waals surface area contributed by atoms with Crippen molar-refractivity contribution in [3.05, 3.63) is 82.9 Å². The Kier molecular flexibility index (Phi) is 6.95. The Morgan fingerprint density at radius 1 is 0.738 bits per heavy atom. The molecule has 0 aliphatic carbocycles. The van der Waals surface area contributed by atoms with Crippen LogP contribution in [-0.2, 0) is 19.5 Å². The molecule has 0 amide bonds. The first kappa shape index (κ1) is 26.5. The minimum absolute atomic E-state index is 0.540. The van der Waals surface area contributed by atoms with Crippen molar-refractivity contribution in [3.8, 4) is 34.9 Å². The van der Waals surface area contributed by atoms with Crippen LogP contribution in [0.2, 0.25) is 0 Å². The van der Waals surface area contributed by atoms with E-state index in [0.717, 1.165) is 62.5 Å². The van der Waals surface area contributed by atoms with Crippen LogP contribution in [0.25, 0.3) is 57.0 Å². The number of fused-ring (bicyclic) bond motifs is 2. The third-order valence-electron chi connectivity index (χ3n) is 7.21. The Morgan fingerprint density at radius 3 is 2.17 bits per heavy atom. The highest BCUT2D eigenvalue weighted by Gasteiger charge is 2.17. The second kappa shape index (κ2) is 11.0. The van der Waals surface area contributed by atoms with Gasteiger partial charge in [-0.1, -0.05) is 13.0 Å². The molecule has 0 N–H and O–H groups in total. The van der Waals surface area contributed by atoms with Crippen LogP contribution in [0.1, 0.15) is 48.8 Å². The molecule has 0 bridgehead atoms. The molecule has 42 heavy (non-hydrogen) atoms. The summed E-state index contributed by atoms with van der Waals surface area (Å²) in [7, 11) is 0. The molecule has 0 radical (unpaired) electrons. The monoisotopic (exact) mass is 550 g/mol. The molecule has 6 rings (SSSR count). The van der Waals surface area contributed by atoms with Gasteiger partial charge in [0.25, 0.3) is 0 Å². The van der Waals surface area contributed by atoms with Crippen LogP contribution in [0, 0.1) is 22.7 Å². The van der Waals surface area contributed by atoms with Crippen LogP contribution in [0.4, 0.5) is 0 Å². The number of hydrogen-bond acceptors (Lipinski definition) is 8. The zero-order valence-corrected chi connectivity index (χ0v) is 23.4. The first-order valence-electron chi connectivity index (χ1n) is 13.7. The van der Waals surface area contributed by atoms with Crippen LogP contribution in [0.5, 0.6) is 0 Å². The highest BCUT2D eigenvalue weighted by molar-refractivity contribution is 5.92. The van der Waals surface area contributed by atoms with E-state index in [4.69, 9.17) is 9.97 Å². The van der Waals surface area contributed by atoms with E-state index < -0.39 is 0 Å². The molecule has 4 aromatic heterocycles. The molecule has 0 spiro atoms. The van der Waals surface area contributed by atoms with Gasteiger partial charge in [-0.3, -0.25) is 0 Å². The fourth-order valence-electron chi connectivity index (χ4n) is 5.18. The summed E-state index contributed by atoms with van der Waals surface area (Å²) in [5.41, 5.74) is 8.51. The molecular formula is C32H26N10. The number of benzene rings is 2. The normalized spacial score (nSPS) is 11.4. The number of rotatable bonds is 7. The number of nitriles is 2. The van der Waals surface area contributed by atoms with E-state index in [1.54, 1.807) is 18.5 Å². The highest BCUT2D eigenvalue weighted by atomic mass is 15.1. The molecule has 0 atom stereocenters. The van der Waals surface area contributed by atoms with Gasteiger partial charge in [0.15, 0.2) is 0 Å². The van der Waals surface area contributed by atoms with Crippen molar-refractivity contribution in [2.45, 2.75) is 40.3 Å². The van der Waals surface area contributed by atoms with E-state index in [2.05, 4.69) is 48.6 Å². The van der Waals surface area contributed by atoms with Gasteiger partial charge >= 0.3 is 0 Å². The zero-order valence-electron chi connectivity index (χ0n) is 23.4. The minimum atomic E-state index is 0.540. The number of hydrogen-bond donors (Lipinski definition) is 0.